The molecule has 0 spiro atoms. The maximum Gasteiger partial charge on any atom is 0.258 e. The lowest BCUT2D eigenvalue weighted by atomic mass is 10.1. The number of sulfone groups is 1. The molecule has 0 aliphatic carbocycles. The number of hydrogen-bond acceptors (Lipinski definition) is 4. The molecule has 0 aliphatic heterocycles. The van der Waals surface area contributed by atoms with Crippen LogP contribution in [0.5, 0.6) is 5.75 Å². The number of ether oxygens (including phenoxy) is 1. The van der Waals surface area contributed by atoms with Crippen LogP contribution in [-0.2, 0) is 14.6 Å². The van der Waals surface area contributed by atoms with Crippen molar-refractivity contribution in [2.24, 2.45) is 0 Å². The fourth-order valence-corrected chi connectivity index (χ4v) is 3.17. The smallest absolute Gasteiger partial charge is 0.258 e. The van der Waals surface area contributed by atoms with Crippen molar-refractivity contribution in [2.75, 3.05) is 12.9 Å². The number of rotatable bonds is 6. The van der Waals surface area contributed by atoms with E-state index < -0.39 is 9.84 Å². The average Bonchev–Trinajstić information content (AvgIpc) is 2.53. The van der Waals surface area contributed by atoms with Gasteiger partial charge in [0, 0.05) is 6.26 Å². The lowest BCUT2D eigenvalue weighted by Gasteiger charge is -2.16. The molecule has 0 radical (unpaired) electrons. The molecule has 0 aliphatic rings. The Bertz CT molecular complexity index is 837. The third kappa shape index (κ3) is 5.06. The topological polar surface area (TPSA) is 72.5 Å². The molecular formula is C19H23NO4S. The first kappa shape index (κ1) is 19.0. The summed E-state index contributed by atoms with van der Waals surface area (Å²) in [6.07, 6.45) is 1.16. The Labute approximate surface area is 148 Å². The zero-order valence-corrected chi connectivity index (χ0v) is 15.7. The summed E-state index contributed by atoms with van der Waals surface area (Å²) in [5.41, 5.74) is 2.79. The number of hydrogen-bond donors (Lipinski definition) is 1. The first-order valence-corrected chi connectivity index (χ1v) is 9.86. The molecule has 0 unspecified atom stereocenters. The first-order valence-electron chi connectivity index (χ1n) is 7.97. The highest BCUT2D eigenvalue weighted by Gasteiger charge is 2.13. The van der Waals surface area contributed by atoms with Crippen molar-refractivity contribution in [3.63, 3.8) is 0 Å². The number of para-hydroxylation sites is 1. The SMILES string of the molecule is Cc1cccc(C)c1OCC(=O)N[C@H](C)c1ccc(S(C)(=O)=O)cc1. The van der Waals surface area contributed by atoms with E-state index in [-0.39, 0.29) is 23.5 Å². The summed E-state index contributed by atoms with van der Waals surface area (Å²) in [5.74, 6) is 0.491. The number of amides is 1. The monoisotopic (exact) mass is 361 g/mol. The van der Waals surface area contributed by atoms with Crippen LogP contribution >= 0.6 is 0 Å². The van der Waals surface area contributed by atoms with Crippen LogP contribution in [0.25, 0.3) is 0 Å². The van der Waals surface area contributed by atoms with Crippen molar-refractivity contribution in [3.8, 4) is 5.75 Å². The minimum absolute atomic E-state index is 0.0720. The van der Waals surface area contributed by atoms with Gasteiger partial charge in [-0.3, -0.25) is 4.79 Å². The first-order chi connectivity index (χ1) is 11.7. The Morgan fingerprint density at radius 1 is 1.08 bits per heavy atom. The van der Waals surface area contributed by atoms with E-state index in [1.54, 1.807) is 24.3 Å². The molecule has 0 bridgehead atoms. The predicted octanol–water partition coefficient (Wildman–Crippen LogP) is 2.96. The van der Waals surface area contributed by atoms with Gasteiger partial charge in [0.1, 0.15) is 5.75 Å². The van der Waals surface area contributed by atoms with Crippen molar-refractivity contribution in [3.05, 3.63) is 59.2 Å². The quantitative estimate of drug-likeness (QED) is 0.858. The zero-order chi connectivity index (χ0) is 18.6. The zero-order valence-electron chi connectivity index (χ0n) is 14.9. The van der Waals surface area contributed by atoms with Crippen LogP contribution in [0.2, 0.25) is 0 Å². The van der Waals surface area contributed by atoms with Gasteiger partial charge in [-0.2, -0.15) is 0 Å². The molecule has 0 fully saturated rings. The second-order valence-electron chi connectivity index (χ2n) is 6.14. The Kier molecular flexibility index (Phi) is 5.85. The normalized spacial score (nSPS) is 12.5. The van der Waals surface area contributed by atoms with Crippen LogP contribution in [0.1, 0.15) is 29.7 Å². The minimum Gasteiger partial charge on any atom is -0.483 e. The third-order valence-corrected chi connectivity index (χ3v) is 5.07. The molecule has 2 aromatic carbocycles. The number of nitrogens with one attached hydrogen (secondary N) is 1. The van der Waals surface area contributed by atoms with E-state index in [0.29, 0.717) is 0 Å². The summed E-state index contributed by atoms with van der Waals surface area (Å²) in [6.45, 7) is 5.64. The fraction of sp³-hybridized carbons (Fsp3) is 0.316. The molecule has 25 heavy (non-hydrogen) atoms. The standard InChI is InChI=1S/C19H23NO4S/c1-13-6-5-7-14(2)19(13)24-12-18(21)20-15(3)16-8-10-17(11-9-16)25(4,22)23/h5-11,15H,12H2,1-4H3,(H,20,21)/t15-/m1/s1. The van der Waals surface area contributed by atoms with E-state index >= 15 is 0 Å². The Morgan fingerprint density at radius 3 is 2.16 bits per heavy atom. The molecular weight excluding hydrogens is 338 g/mol. The Balaban J connectivity index is 1.96. The lowest BCUT2D eigenvalue weighted by Crippen LogP contribution is -2.31. The molecule has 0 heterocycles. The highest BCUT2D eigenvalue weighted by molar-refractivity contribution is 7.90. The second-order valence-corrected chi connectivity index (χ2v) is 8.16. The fourth-order valence-electron chi connectivity index (χ4n) is 2.53. The summed E-state index contributed by atoms with van der Waals surface area (Å²) in [6, 6.07) is 12.1. The summed E-state index contributed by atoms with van der Waals surface area (Å²) in [7, 11) is -3.22. The largest absolute Gasteiger partial charge is 0.483 e. The van der Waals surface area contributed by atoms with Crippen LogP contribution < -0.4 is 10.1 Å². The van der Waals surface area contributed by atoms with Crippen molar-refractivity contribution < 1.29 is 17.9 Å². The van der Waals surface area contributed by atoms with E-state index in [2.05, 4.69) is 5.32 Å². The van der Waals surface area contributed by atoms with Gasteiger partial charge in [0.05, 0.1) is 10.9 Å². The van der Waals surface area contributed by atoms with Gasteiger partial charge in [0.2, 0.25) is 0 Å². The Hall–Kier alpha value is -2.34. The van der Waals surface area contributed by atoms with Crippen molar-refractivity contribution >= 4 is 15.7 Å². The van der Waals surface area contributed by atoms with Crippen LogP contribution in [0.15, 0.2) is 47.4 Å². The van der Waals surface area contributed by atoms with Gasteiger partial charge in [-0.15, -0.1) is 0 Å². The highest BCUT2D eigenvalue weighted by atomic mass is 32.2. The third-order valence-electron chi connectivity index (χ3n) is 3.94. The summed E-state index contributed by atoms with van der Waals surface area (Å²) in [5, 5.41) is 2.85. The van der Waals surface area contributed by atoms with Crippen molar-refractivity contribution in [2.45, 2.75) is 31.7 Å². The summed E-state index contributed by atoms with van der Waals surface area (Å²) < 4.78 is 28.6. The van der Waals surface area contributed by atoms with E-state index in [1.807, 2.05) is 39.0 Å². The van der Waals surface area contributed by atoms with Gasteiger partial charge in [0.25, 0.3) is 5.91 Å². The molecule has 0 saturated carbocycles. The van der Waals surface area contributed by atoms with Gasteiger partial charge in [-0.1, -0.05) is 30.3 Å². The van der Waals surface area contributed by atoms with Gasteiger partial charge >= 0.3 is 0 Å². The lowest BCUT2D eigenvalue weighted by molar-refractivity contribution is -0.123. The molecule has 2 rings (SSSR count). The molecule has 1 N–H and O–H groups in total. The van der Waals surface area contributed by atoms with Gasteiger partial charge in [0.15, 0.2) is 16.4 Å². The number of carbonyl (C=O) groups excluding carboxylic acids is 1. The summed E-state index contributed by atoms with van der Waals surface area (Å²) >= 11 is 0. The minimum atomic E-state index is -3.22. The maximum absolute atomic E-state index is 12.1. The molecule has 134 valence electrons. The van der Waals surface area contributed by atoms with Crippen molar-refractivity contribution in [1.29, 1.82) is 0 Å². The average molecular weight is 361 g/mol. The maximum atomic E-state index is 12.1. The van der Waals surface area contributed by atoms with E-state index in [0.717, 1.165) is 28.7 Å². The molecule has 0 saturated heterocycles. The van der Waals surface area contributed by atoms with Crippen LogP contribution in [0.3, 0.4) is 0 Å². The molecule has 2 aromatic rings. The number of carbonyl (C=O) groups is 1. The highest BCUT2D eigenvalue weighted by Crippen LogP contribution is 2.22. The van der Waals surface area contributed by atoms with Gasteiger partial charge < -0.3 is 10.1 Å². The second kappa shape index (κ2) is 7.70. The van der Waals surface area contributed by atoms with Crippen LogP contribution in [0, 0.1) is 13.8 Å². The van der Waals surface area contributed by atoms with E-state index in [1.165, 1.54) is 0 Å². The number of aryl methyl sites for hydroxylation is 2. The molecule has 1 atom stereocenters. The molecule has 5 nitrogen and oxygen atoms in total. The Morgan fingerprint density at radius 2 is 1.64 bits per heavy atom. The van der Waals surface area contributed by atoms with Crippen LogP contribution in [0.4, 0.5) is 0 Å². The molecule has 6 heteroatoms. The van der Waals surface area contributed by atoms with E-state index in [4.69, 9.17) is 4.74 Å². The molecule has 0 aromatic heterocycles. The van der Waals surface area contributed by atoms with Crippen molar-refractivity contribution in [1.82, 2.24) is 5.32 Å². The van der Waals surface area contributed by atoms with Crippen LogP contribution in [-0.4, -0.2) is 27.2 Å². The van der Waals surface area contributed by atoms with Gasteiger partial charge in [-0.25, -0.2) is 8.42 Å². The predicted molar refractivity (Wildman–Crippen MR) is 97.5 cm³/mol. The number of benzene rings is 2. The van der Waals surface area contributed by atoms with E-state index in [9.17, 15) is 13.2 Å². The van der Waals surface area contributed by atoms with Gasteiger partial charge in [-0.05, 0) is 49.6 Å². The molecule has 1 amide bonds. The summed E-state index contributed by atoms with van der Waals surface area (Å²) in [4.78, 5) is 12.4.